The Morgan fingerprint density at radius 1 is 1.19 bits per heavy atom. The molecule has 21 heavy (non-hydrogen) atoms. The molecule has 1 aliphatic heterocycles. The summed E-state index contributed by atoms with van der Waals surface area (Å²) in [5.41, 5.74) is 0.334. The standard InChI is InChI=1S/C17H25NO3/c1-11(18-16(19)15-10-20-2-3-21-15)17-7-12-4-13(8-17)6-14(5-12)9-17/h10-14H,2-9H2,1H3,(H,18,19). The fraction of sp³-hybridized carbons (Fsp3) is 0.824. The number of rotatable bonds is 3. The molecule has 0 saturated heterocycles. The van der Waals surface area contributed by atoms with E-state index >= 15 is 0 Å². The quantitative estimate of drug-likeness (QED) is 0.869. The van der Waals surface area contributed by atoms with Crippen LogP contribution >= 0.6 is 0 Å². The number of amides is 1. The summed E-state index contributed by atoms with van der Waals surface area (Å²) in [4.78, 5) is 12.3. The van der Waals surface area contributed by atoms with E-state index in [1.54, 1.807) is 0 Å². The molecule has 5 rings (SSSR count). The lowest BCUT2D eigenvalue weighted by Crippen LogP contribution is -2.56. The van der Waals surface area contributed by atoms with E-state index in [4.69, 9.17) is 9.47 Å². The second-order valence-electron chi connectivity index (χ2n) is 7.68. The molecule has 1 atom stereocenters. The first-order valence-electron chi connectivity index (χ1n) is 8.40. The molecule has 0 aromatic carbocycles. The zero-order valence-electron chi connectivity index (χ0n) is 12.8. The van der Waals surface area contributed by atoms with Crippen molar-refractivity contribution in [1.29, 1.82) is 0 Å². The molecule has 1 N–H and O–H groups in total. The van der Waals surface area contributed by atoms with Crippen LogP contribution in [0.4, 0.5) is 0 Å². The molecule has 4 fully saturated rings. The summed E-state index contributed by atoms with van der Waals surface area (Å²) in [6.45, 7) is 3.18. The monoisotopic (exact) mass is 291 g/mol. The molecule has 1 heterocycles. The van der Waals surface area contributed by atoms with Crippen molar-refractivity contribution in [2.45, 2.75) is 51.5 Å². The van der Waals surface area contributed by atoms with Crippen LogP contribution < -0.4 is 5.32 Å². The molecule has 0 radical (unpaired) electrons. The van der Waals surface area contributed by atoms with Crippen LogP contribution in [0.15, 0.2) is 12.0 Å². The summed E-state index contributed by atoms with van der Waals surface area (Å²) in [7, 11) is 0. The topological polar surface area (TPSA) is 47.6 Å². The number of carbonyl (C=O) groups excluding carboxylic acids is 1. The van der Waals surface area contributed by atoms with Gasteiger partial charge >= 0.3 is 0 Å². The smallest absolute Gasteiger partial charge is 0.289 e. The average molecular weight is 291 g/mol. The Bertz CT molecular complexity index is 435. The van der Waals surface area contributed by atoms with Gasteiger partial charge in [-0.15, -0.1) is 0 Å². The Labute approximate surface area is 126 Å². The van der Waals surface area contributed by atoms with E-state index in [9.17, 15) is 4.79 Å². The van der Waals surface area contributed by atoms with Gasteiger partial charge in [-0.05, 0) is 68.6 Å². The maximum Gasteiger partial charge on any atom is 0.289 e. The third kappa shape index (κ3) is 2.33. The highest BCUT2D eigenvalue weighted by Crippen LogP contribution is 2.61. The number of ether oxygens (including phenoxy) is 2. The lowest BCUT2D eigenvalue weighted by atomic mass is 9.48. The molecule has 116 valence electrons. The molecule has 5 aliphatic rings. The van der Waals surface area contributed by atoms with Gasteiger partial charge in [-0.3, -0.25) is 4.79 Å². The summed E-state index contributed by atoms with van der Waals surface area (Å²) in [5, 5.41) is 3.19. The van der Waals surface area contributed by atoms with Crippen molar-refractivity contribution in [3.8, 4) is 0 Å². The first-order valence-corrected chi connectivity index (χ1v) is 8.40. The Morgan fingerprint density at radius 3 is 2.33 bits per heavy atom. The molecule has 0 aromatic rings. The fourth-order valence-electron chi connectivity index (χ4n) is 5.62. The third-order valence-electron chi connectivity index (χ3n) is 6.22. The number of hydrogen-bond acceptors (Lipinski definition) is 3. The van der Waals surface area contributed by atoms with E-state index in [1.165, 1.54) is 44.8 Å². The second kappa shape index (κ2) is 4.92. The summed E-state index contributed by atoms with van der Waals surface area (Å²) in [6.07, 6.45) is 9.65. The molecule has 0 spiro atoms. The first-order chi connectivity index (χ1) is 10.1. The largest absolute Gasteiger partial charge is 0.494 e. The summed E-state index contributed by atoms with van der Waals surface area (Å²) in [6, 6.07) is 0.227. The van der Waals surface area contributed by atoms with E-state index in [1.807, 2.05) is 0 Å². The van der Waals surface area contributed by atoms with Crippen LogP contribution in [0, 0.1) is 23.2 Å². The van der Waals surface area contributed by atoms with Crippen molar-refractivity contribution in [2.24, 2.45) is 23.2 Å². The van der Waals surface area contributed by atoms with E-state index in [0.29, 0.717) is 24.4 Å². The van der Waals surface area contributed by atoms with Crippen molar-refractivity contribution in [3.05, 3.63) is 12.0 Å². The van der Waals surface area contributed by atoms with Gasteiger partial charge in [0.15, 0.2) is 0 Å². The zero-order chi connectivity index (χ0) is 14.4. The number of carbonyl (C=O) groups is 1. The van der Waals surface area contributed by atoms with E-state index in [0.717, 1.165) is 17.8 Å². The Balaban J connectivity index is 1.46. The van der Waals surface area contributed by atoms with Gasteiger partial charge < -0.3 is 14.8 Å². The number of nitrogens with one attached hydrogen (secondary N) is 1. The highest BCUT2D eigenvalue weighted by atomic mass is 16.6. The molecule has 4 saturated carbocycles. The second-order valence-corrected chi connectivity index (χ2v) is 7.68. The molecular weight excluding hydrogens is 266 g/mol. The third-order valence-corrected chi connectivity index (χ3v) is 6.22. The predicted octanol–water partition coefficient (Wildman–Crippen LogP) is 2.60. The van der Waals surface area contributed by atoms with Crippen LogP contribution in [-0.2, 0) is 14.3 Å². The number of hydrogen-bond donors (Lipinski definition) is 1. The Hall–Kier alpha value is -1.19. The summed E-state index contributed by atoms with van der Waals surface area (Å²) >= 11 is 0. The van der Waals surface area contributed by atoms with Gasteiger partial charge in [-0.2, -0.15) is 0 Å². The van der Waals surface area contributed by atoms with Crippen molar-refractivity contribution in [1.82, 2.24) is 5.32 Å². The SMILES string of the molecule is CC(NC(=O)C1=COCCO1)C12CC3CC(CC(C3)C1)C2. The van der Waals surface area contributed by atoms with Gasteiger partial charge in [0.25, 0.3) is 5.91 Å². The normalized spacial score (nSPS) is 41.8. The van der Waals surface area contributed by atoms with Crippen LogP contribution in [0.2, 0.25) is 0 Å². The maximum absolute atomic E-state index is 12.3. The van der Waals surface area contributed by atoms with E-state index in [2.05, 4.69) is 12.2 Å². The molecular formula is C17H25NO3. The highest BCUT2D eigenvalue weighted by Gasteiger charge is 2.53. The van der Waals surface area contributed by atoms with Gasteiger partial charge in [0.05, 0.1) is 0 Å². The minimum atomic E-state index is -0.113. The summed E-state index contributed by atoms with van der Waals surface area (Å²) < 4.78 is 10.6. The average Bonchev–Trinajstić information content (AvgIpc) is 2.46. The van der Waals surface area contributed by atoms with Crippen LogP contribution in [0.5, 0.6) is 0 Å². The van der Waals surface area contributed by atoms with Crippen LogP contribution in [-0.4, -0.2) is 25.2 Å². The summed E-state index contributed by atoms with van der Waals surface area (Å²) in [5.74, 6) is 2.94. The molecule has 4 aliphatic carbocycles. The molecule has 4 heteroatoms. The van der Waals surface area contributed by atoms with Crippen LogP contribution in [0.25, 0.3) is 0 Å². The highest BCUT2D eigenvalue weighted by molar-refractivity contribution is 5.91. The van der Waals surface area contributed by atoms with Gasteiger partial charge in [-0.25, -0.2) is 0 Å². The molecule has 4 nitrogen and oxygen atoms in total. The van der Waals surface area contributed by atoms with Crippen LogP contribution in [0.3, 0.4) is 0 Å². The zero-order valence-corrected chi connectivity index (χ0v) is 12.8. The van der Waals surface area contributed by atoms with Crippen molar-refractivity contribution in [3.63, 3.8) is 0 Å². The maximum atomic E-state index is 12.3. The molecule has 1 amide bonds. The molecule has 4 bridgehead atoms. The van der Waals surface area contributed by atoms with Gasteiger partial charge in [0.1, 0.15) is 19.5 Å². The molecule has 1 unspecified atom stereocenters. The van der Waals surface area contributed by atoms with Gasteiger partial charge in [-0.1, -0.05) is 0 Å². The first kappa shape index (κ1) is 13.5. The Morgan fingerprint density at radius 2 is 1.81 bits per heavy atom. The van der Waals surface area contributed by atoms with Crippen LogP contribution in [0.1, 0.15) is 45.4 Å². The van der Waals surface area contributed by atoms with Gasteiger partial charge in [0, 0.05) is 6.04 Å². The van der Waals surface area contributed by atoms with Gasteiger partial charge in [0.2, 0.25) is 5.76 Å². The van der Waals surface area contributed by atoms with E-state index < -0.39 is 0 Å². The predicted molar refractivity (Wildman–Crippen MR) is 78.2 cm³/mol. The van der Waals surface area contributed by atoms with Crippen molar-refractivity contribution >= 4 is 5.91 Å². The minimum absolute atomic E-state index is 0.113. The van der Waals surface area contributed by atoms with Crippen molar-refractivity contribution in [2.75, 3.05) is 13.2 Å². The minimum Gasteiger partial charge on any atom is -0.494 e. The van der Waals surface area contributed by atoms with Crippen molar-refractivity contribution < 1.29 is 14.3 Å². The Kier molecular flexibility index (Phi) is 3.16. The fourth-order valence-corrected chi connectivity index (χ4v) is 5.62. The van der Waals surface area contributed by atoms with E-state index in [-0.39, 0.29) is 11.9 Å². The lowest BCUT2D eigenvalue weighted by Gasteiger charge is -2.59. The molecule has 0 aromatic heterocycles. The lowest BCUT2D eigenvalue weighted by molar-refractivity contribution is -0.127.